The molecule has 10 heterocycles. The average molecular weight is 352 g/mol. The molecule has 10 aliphatic rings. The number of hydrogen-bond acceptors (Lipinski definition) is 3. The van der Waals surface area contributed by atoms with Crippen molar-refractivity contribution in [2.75, 3.05) is 6.61 Å². The van der Waals surface area contributed by atoms with Gasteiger partial charge in [-0.3, -0.25) is 0 Å². The van der Waals surface area contributed by atoms with Gasteiger partial charge in [-0.05, 0) is 0 Å². The first-order valence-corrected chi connectivity index (χ1v) is 15.3. The molecule has 10 rings (SSSR count). The first kappa shape index (κ1) is 10.2. The van der Waals surface area contributed by atoms with Crippen LogP contribution in [0.4, 0.5) is 0 Å². The van der Waals surface area contributed by atoms with E-state index in [-0.39, 0.29) is 10.3 Å². The molecule has 10 saturated heterocycles. The van der Waals surface area contributed by atoms with Crippen LogP contribution in [-0.4, -0.2) is 18.4 Å². The molecule has 122 valence electrons. The van der Waals surface area contributed by atoms with E-state index in [0.717, 1.165) is 38.5 Å². The van der Waals surface area contributed by atoms with Crippen LogP contribution in [0.1, 0.15) is 13.8 Å². The summed E-state index contributed by atoms with van der Waals surface area (Å²) in [6.07, 6.45) is 8.00. The first-order chi connectivity index (χ1) is 10.9. The number of ketones is 1. The Hall–Kier alpha value is -0.861. The Bertz CT molecular complexity index is 1280. The van der Waals surface area contributed by atoms with Gasteiger partial charge in [0.1, 0.15) is 0 Å². The molecule has 0 aromatic heterocycles. The van der Waals surface area contributed by atoms with Gasteiger partial charge in [0.25, 0.3) is 0 Å². The molecule has 0 aliphatic carbocycles. The summed E-state index contributed by atoms with van der Waals surface area (Å²) >= 11 is 0. The molecule has 23 heavy (non-hydrogen) atoms. The van der Waals surface area contributed by atoms with Crippen molar-refractivity contribution in [2.24, 2.45) is 0 Å². The molecule has 0 aromatic carbocycles. The van der Waals surface area contributed by atoms with Crippen molar-refractivity contribution in [1.29, 1.82) is 0 Å². The van der Waals surface area contributed by atoms with E-state index in [2.05, 4.69) is 6.08 Å². The molecule has 0 radical (unpaired) electrons. The molecule has 8 atom stereocenters. The van der Waals surface area contributed by atoms with Crippen molar-refractivity contribution in [2.45, 2.75) is 61.0 Å². The minimum atomic E-state index is -3.71. The van der Waals surface area contributed by atoms with E-state index in [1.165, 1.54) is 0 Å². The van der Waals surface area contributed by atoms with E-state index >= 15 is 0 Å². The molecule has 0 bridgehead atoms. The van der Waals surface area contributed by atoms with Gasteiger partial charge in [0.15, 0.2) is 0 Å². The fraction of sp³-hybridized carbons (Fsp3) is 0.684. The number of fused-ring (bicyclic) bond motifs is 10. The van der Waals surface area contributed by atoms with Crippen molar-refractivity contribution in [1.82, 2.24) is 0 Å². The first-order valence-electron chi connectivity index (χ1n) is 9.11. The van der Waals surface area contributed by atoms with Crippen LogP contribution < -0.4 is 0 Å². The van der Waals surface area contributed by atoms with Crippen LogP contribution in [0.25, 0.3) is 0 Å². The molecule has 3 nitrogen and oxygen atoms in total. The summed E-state index contributed by atoms with van der Waals surface area (Å²) in [5.74, 6) is 0.368. The second-order valence-corrected chi connectivity index (χ2v) is 35.0. The van der Waals surface area contributed by atoms with Crippen LogP contribution in [0.5, 0.6) is 0 Å². The SMILES string of the molecule is CC=CC(=O)[C]12[CH]3[CH]4[CH]5[CH]1[Fe]45321678[CH]2[CH]1[CH]6[C]7(C=CC(=O)OCC)[CH]28. The fourth-order valence-corrected chi connectivity index (χ4v) is 94.0. The molecular weight excluding hydrogens is 332 g/mol. The summed E-state index contributed by atoms with van der Waals surface area (Å²) in [6, 6.07) is 0. The van der Waals surface area contributed by atoms with Crippen LogP contribution in [0.3, 0.4) is 0 Å². The third-order valence-electron chi connectivity index (χ3n) is 16.4. The Balaban J connectivity index is 1.31. The Morgan fingerprint density at radius 3 is 2.13 bits per heavy atom. The molecule has 0 saturated carbocycles. The Morgan fingerprint density at radius 1 is 1.04 bits per heavy atom. The second kappa shape index (κ2) is 1.01. The zero-order valence-corrected chi connectivity index (χ0v) is 14.3. The van der Waals surface area contributed by atoms with Crippen molar-refractivity contribution in [3.8, 4) is 0 Å². The molecule has 4 heteroatoms. The summed E-state index contributed by atoms with van der Waals surface area (Å²) in [6.45, 7) is 0.588. The monoisotopic (exact) mass is 352 g/mol. The Labute approximate surface area is 124 Å². The van der Waals surface area contributed by atoms with Crippen LogP contribution in [0.2, 0.25) is 47.2 Å². The molecule has 10 fully saturated rings. The van der Waals surface area contributed by atoms with Gasteiger partial charge >= 0.3 is 125 Å². The maximum atomic E-state index is 13.2. The van der Waals surface area contributed by atoms with Gasteiger partial charge in [0.05, 0.1) is 0 Å². The number of ether oxygens (including phenoxy) is 1. The average Bonchev–Trinajstić information content (AvgIpc) is 3.46. The van der Waals surface area contributed by atoms with Crippen molar-refractivity contribution >= 4 is 11.8 Å². The standard InChI is InChI=1S/C10H11O2.C9H9O.Fe/c1-2-12-10(11)8-7-9-5-3-4-6-9;1-2-5-9(10)8-6-3-4-7-8;/h3-8H,2H2,1H3;2-7H,1H3;. The van der Waals surface area contributed by atoms with Crippen LogP contribution in [0.15, 0.2) is 24.3 Å². The summed E-state index contributed by atoms with van der Waals surface area (Å²) in [5, 5.41) is 0. The van der Waals surface area contributed by atoms with E-state index in [1.807, 2.05) is 26.0 Å². The maximum absolute atomic E-state index is 13.2. The summed E-state index contributed by atoms with van der Waals surface area (Å²) in [7, 11) is 0. The van der Waals surface area contributed by atoms with Crippen molar-refractivity contribution in [3.05, 3.63) is 24.3 Å². The fourth-order valence-electron chi connectivity index (χ4n) is 18.5. The molecule has 1 spiro atoms. The zero-order valence-electron chi connectivity index (χ0n) is 13.2. The number of carbonyl (C=O) groups is 2. The number of rotatable bonds is 5. The Morgan fingerprint density at radius 2 is 1.65 bits per heavy atom. The normalized spacial score (nSPS) is 94.7. The van der Waals surface area contributed by atoms with Gasteiger partial charge in [-0.1, -0.05) is 0 Å². The van der Waals surface area contributed by atoms with Gasteiger partial charge in [-0.25, -0.2) is 0 Å². The Kier molecular flexibility index (Phi) is 0.448. The summed E-state index contributed by atoms with van der Waals surface area (Å²) < 4.78 is 5.79. The number of allylic oxidation sites excluding steroid dienone is 3. The number of hydrogen-bond donors (Lipinski definition) is 0. The van der Waals surface area contributed by atoms with Gasteiger partial charge in [-0.15, -0.1) is 0 Å². The summed E-state index contributed by atoms with van der Waals surface area (Å²) in [4.78, 5) is 33.1. The molecule has 0 amide bonds. The van der Waals surface area contributed by atoms with E-state index in [1.54, 1.807) is 6.08 Å². The molecular formula is C19H20FeO3. The molecule has 8 unspecified atom stereocenters. The van der Waals surface area contributed by atoms with Gasteiger partial charge in [-0.2, -0.15) is 0 Å². The third kappa shape index (κ3) is 0.131. The number of carbonyl (C=O) groups excluding carboxylic acids is 2. The van der Waals surface area contributed by atoms with Crippen LogP contribution in [0, 0.1) is 0 Å². The van der Waals surface area contributed by atoms with E-state index in [4.69, 9.17) is 4.74 Å². The van der Waals surface area contributed by atoms with Gasteiger partial charge in [0.2, 0.25) is 0 Å². The third-order valence-corrected chi connectivity index (χ3v) is 59.3. The van der Waals surface area contributed by atoms with Crippen molar-refractivity contribution < 1.29 is 20.8 Å². The quantitative estimate of drug-likeness (QED) is 0.419. The van der Waals surface area contributed by atoms with Crippen LogP contribution >= 0.6 is 0 Å². The molecule has 0 N–H and O–H groups in total. The molecule has 10 aliphatic heterocycles. The second-order valence-electron chi connectivity index (χ2n) is 11.8. The summed E-state index contributed by atoms with van der Waals surface area (Å²) in [5.41, 5.74) is 0. The van der Waals surface area contributed by atoms with E-state index < -0.39 is 6.51 Å². The number of esters is 1. The van der Waals surface area contributed by atoms with Crippen molar-refractivity contribution in [3.63, 3.8) is 0 Å². The van der Waals surface area contributed by atoms with Gasteiger partial charge in [0, 0.05) is 0 Å². The molecule has 0 aromatic rings. The zero-order chi connectivity index (χ0) is 15.3. The topological polar surface area (TPSA) is 43.4 Å². The van der Waals surface area contributed by atoms with Crippen LogP contribution in [-0.2, 0) is 20.8 Å². The predicted octanol–water partition coefficient (Wildman–Crippen LogP) is 4.38. The van der Waals surface area contributed by atoms with E-state index in [0.29, 0.717) is 16.7 Å². The minimum absolute atomic E-state index is 0.169. The predicted molar refractivity (Wildman–Crippen MR) is 81.0 cm³/mol. The van der Waals surface area contributed by atoms with E-state index in [9.17, 15) is 9.59 Å². The van der Waals surface area contributed by atoms with Gasteiger partial charge < -0.3 is 0 Å².